The Bertz CT molecular complexity index is 473. The number of anilines is 1. The maximum Gasteiger partial charge on any atom is 0.0371 e. The summed E-state index contributed by atoms with van der Waals surface area (Å²) in [4.78, 5) is 2.58. The lowest BCUT2D eigenvalue weighted by Crippen LogP contribution is -2.40. The van der Waals surface area contributed by atoms with Crippen LogP contribution in [0.25, 0.3) is 0 Å². The van der Waals surface area contributed by atoms with E-state index in [1.165, 1.54) is 36.2 Å². The molecule has 2 rings (SSSR count). The average molecular weight is 288 g/mol. The molecule has 1 saturated heterocycles. The number of nitrogens with one attached hydrogen (secondary N) is 1. The molecule has 21 heavy (non-hydrogen) atoms. The predicted molar refractivity (Wildman–Crippen MR) is 93.0 cm³/mol. The lowest BCUT2D eigenvalue weighted by atomic mass is 9.92. The van der Waals surface area contributed by atoms with Gasteiger partial charge < -0.3 is 10.2 Å². The molecule has 2 unspecified atom stereocenters. The summed E-state index contributed by atoms with van der Waals surface area (Å²) in [5.74, 6) is 0.868. The lowest BCUT2D eigenvalue weighted by molar-refractivity contribution is 0.378. The molecule has 1 aromatic carbocycles. The molecule has 1 fully saturated rings. The largest absolute Gasteiger partial charge is 0.369 e. The first-order valence-electron chi connectivity index (χ1n) is 8.37. The van der Waals surface area contributed by atoms with Crippen LogP contribution in [0, 0.1) is 12.8 Å². The van der Waals surface area contributed by atoms with Crippen LogP contribution in [0.2, 0.25) is 0 Å². The van der Waals surface area contributed by atoms with Gasteiger partial charge in [0.2, 0.25) is 0 Å². The molecule has 0 aromatic heterocycles. The van der Waals surface area contributed by atoms with Crippen molar-refractivity contribution in [3.63, 3.8) is 0 Å². The van der Waals surface area contributed by atoms with Crippen molar-refractivity contribution in [1.82, 2.24) is 5.32 Å². The fourth-order valence-electron chi connectivity index (χ4n) is 3.21. The van der Waals surface area contributed by atoms with Gasteiger partial charge in [-0.1, -0.05) is 13.0 Å². The summed E-state index contributed by atoms with van der Waals surface area (Å²) in [6.45, 7) is 15.8. The van der Waals surface area contributed by atoms with E-state index in [4.69, 9.17) is 0 Å². The number of aryl methyl sites for hydroxylation is 1. The summed E-state index contributed by atoms with van der Waals surface area (Å²) in [6.07, 6.45) is 2.63. The van der Waals surface area contributed by atoms with Gasteiger partial charge in [-0.25, -0.2) is 0 Å². The van der Waals surface area contributed by atoms with Gasteiger partial charge in [-0.05, 0) is 76.6 Å². The maximum absolute atomic E-state index is 3.58. The van der Waals surface area contributed by atoms with Crippen LogP contribution in [0.3, 0.4) is 0 Å². The molecule has 1 aliphatic heterocycles. The van der Waals surface area contributed by atoms with Gasteiger partial charge in [0.1, 0.15) is 0 Å². The average Bonchev–Trinajstić information content (AvgIpc) is 2.36. The second kappa shape index (κ2) is 6.39. The summed E-state index contributed by atoms with van der Waals surface area (Å²) in [5, 5.41) is 3.58. The van der Waals surface area contributed by atoms with Crippen molar-refractivity contribution in [2.45, 2.75) is 72.5 Å². The molecule has 2 heteroatoms. The molecule has 2 atom stereocenters. The Morgan fingerprint density at radius 3 is 2.52 bits per heavy atom. The fraction of sp³-hybridized carbons (Fsp3) is 0.684. The summed E-state index contributed by atoms with van der Waals surface area (Å²) in [6, 6.07) is 7.63. The first-order valence-corrected chi connectivity index (χ1v) is 8.37. The highest BCUT2D eigenvalue weighted by atomic mass is 15.2. The van der Waals surface area contributed by atoms with Crippen LogP contribution in [-0.4, -0.2) is 18.1 Å². The second-order valence-electron chi connectivity index (χ2n) is 7.89. The van der Waals surface area contributed by atoms with Gasteiger partial charge in [-0.2, -0.15) is 0 Å². The number of hydrogen-bond acceptors (Lipinski definition) is 2. The molecule has 1 aliphatic rings. The van der Waals surface area contributed by atoms with E-state index in [0.717, 1.165) is 12.5 Å². The van der Waals surface area contributed by atoms with Gasteiger partial charge >= 0.3 is 0 Å². The van der Waals surface area contributed by atoms with E-state index >= 15 is 0 Å². The monoisotopic (exact) mass is 288 g/mol. The summed E-state index contributed by atoms with van der Waals surface area (Å²) >= 11 is 0. The lowest BCUT2D eigenvalue weighted by Gasteiger charge is -2.38. The SMILES string of the molecule is Cc1cc(N2CCC(C)CC2C)ccc1CNC(C)(C)C. The van der Waals surface area contributed by atoms with Crippen molar-refractivity contribution < 1.29 is 0 Å². The van der Waals surface area contributed by atoms with Crippen LogP contribution in [0.5, 0.6) is 0 Å². The molecule has 1 N–H and O–H groups in total. The van der Waals surface area contributed by atoms with Gasteiger partial charge in [-0.3, -0.25) is 0 Å². The van der Waals surface area contributed by atoms with E-state index in [2.05, 4.69) is 70.0 Å². The highest BCUT2D eigenvalue weighted by molar-refractivity contribution is 5.52. The molecule has 0 bridgehead atoms. The Labute approximate surface area is 130 Å². The zero-order valence-electron chi connectivity index (χ0n) is 14.7. The molecule has 0 spiro atoms. The molecule has 0 aliphatic carbocycles. The Morgan fingerprint density at radius 1 is 1.24 bits per heavy atom. The Kier molecular flexibility index (Phi) is 4.98. The zero-order valence-corrected chi connectivity index (χ0v) is 14.7. The topological polar surface area (TPSA) is 15.3 Å². The minimum Gasteiger partial charge on any atom is -0.369 e. The molecule has 118 valence electrons. The van der Waals surface area contributed by atoms with Crippen LogP contribution < -0.4 is 10.2 Å². The van der Waals surface area contributed by atoms with E-state index in [-0.39, 0.29) is 5.54 Å². The van der Waals surface area contributed by atoms with Crippen LogP contribution in [0.15, 0.2) is 18.2 Å². The van der Waals surface area contributed by atoms with Gasteiger partial charge in [0, 0.05) is 30.4 Å². The van der Waals surface area contributed by atoms with Crippen molar-refractivity contribution in [2.24, 2.45) is 5.92 Å². The first kappa shape index (κ1) is 16.4. The molecule has 0 saturated carbocycles. The molecule has 1 heterocycles. The normalized spacial score (nSPS) is 23.4. The smallest absolute Gasteiger partial charge is 0.0371 e. The predicted octanol–water partition coefficient (Wildman–Crippen LogP) is 4.51. The Hall–Kier alpha value is -1.02. The van der Waals surface area contributed by atoms with E-state index in [0.29, 0.717) is 6.04 Å². The highest BCUT2D eigenvalue weighted by Gasteiger charge is 2.23. The second-order valence-corrected chi connectivity index (χ2v) is 7.89. The van der Waals surface area contributed by atoms with Crippen LogP contribution in [-0.2, 0) is 6.54 Å². The molecular weight excluding hydrogens is 256 g/mol. The van der Waals surface area contributed by atoms with Crippen molar-refractivity contribution >= 4 is 5.69 Å². The van der Waals surface area contributed by atoms with Gasteiger partial charge in [0.05, 0.1) is 0 Å². The van der Waals surface area contributed by atoms with Crippen molar-refractivity contribution in [1.29, 1.82) is 0 Å². The summed E-state index contributed by atoms with van der Waals surface area (Å²) in [5.41, 5.74) is 4.37. The maximum atomic E-state index is 3.58. The van der Waals surface area contributed by atoms with E-state index in [9.17, 15) is 0 Å². The van der Waals surface area contributed by atoms with Crippen molar-refractivity contribution in [3.05, 3.63) is 29.3 Å². The van der Waals surface area contributed by atoms with Crippen LogP contribution in [0.4, 0.5) is 5.69 Å². The van der Waals surface area contributed by atoms with Crippen LogP contribution in [0.1, 0.15) is 58.6 Å². The minimum atomic E-state index is 0.169. The molecule has 0 radical (unpaired) electrons. The molecule has 1 aromatic rings. The number of piperidine rings is 1. The third-order valence-electron chi connectivity index (χ3n) is 4.61. The Morgan fingerprint density at radius 2 is 1.95 bits per heavy atom. The minimum absolute atomic E-state index is 0.169. The standard InChI is InChI=1S/C19H32N2/c1-14-9-10-21(16(3)11-14)18-8-7-17(15(2)12-18)13-20-19(4,5)6/h7-8,12,14,16,20H,9-11,13H2,1-6H3. The van der Waals surface area contributed by atoms with Crippen molar-refractivity contribution in [3.8, 4) is 0 Å². The fourth-order valence-corrected chi connectivity index (χ4v) is 3.21. The molecule has 2 nitrogen and oxygen atoms in total. The summed E-state index contributed by atoms with van der Waals surface area (Å²) < 4.78 is 0. The molecule has 0 amide bonds. The van der Waals surface area contributed by atoms with E-state index in [1.54, 1.807) is 0 Å². The van der Waals surface area contributed by atoms with E-state index < -0.39 is 0 Å². The summed E-state index contributed by atoms with van der Waals surface area (Å²) in [7, 11) is 0. The Balaban J connectivity index is 2.08. The highest BCUT2D eigenvalue weighted by Crippen LogP contribution is 2.29. The number of nitrogens with zero attached hydrogens (tertiary/aromatic N) is 1. The first-order chi connectivity index (χ1) is 9.76. The van der Waals surface area contributed by atoms with Crippen molar-refractivity contribution in [2.75, 3.05) is 11.4 Å². The van der Waals surface area contributed by atoms with Crippen LogP contribution >= 0.6 is 0 Å². The van der Waals surface area contributed by atoms with Gasteiger partial charge in [0.25, 0.3) is 0 Å². The number of hydrogen-bond donors (Lipinski definition) is 1. The van der Waals surface area contributed by atoms with Gasteiger partial charge in [-0.15, -0.1) is 0 Å². The van der Waals surface area contributed by atoms with Gasteiger partial charge in [0.15, 0.2) is 0 Å². The number of rotatable bonds is 3. The zero-order chi connectivity index (χ0) is 15.6. The number of benzene rings is 1. The third-order valence-corrected chi connectivity index (χ3v) is 4.61. The molecular formula is C19H32N2. The van der Waals surface area contributed by atoms with E-state index in [1.807, 2.05) is 0 Å². The third kappa shape index (κ3) is 4.47. The quantitative estimate of drug-likeness (QED) is 0.880.